The van der Waals surface area contributed by atoms with Crippen molar-refractivity contribution in [2.45, 2.75) is 0 Å². The minimum atomic E-state index is -0.343. The van der Waals surface area contributed by atoms with Crippen LogP contribution in [-0.4, -0.2) is 24.2 Å². The molecule has 0 saturated carbocycles. The van der Waals surface area contributed by atoms with E-state index in [0.29, 0.717) is 10.8 Å². The van der Waals surface area contributed by atoms with Crippen LogP contribution < -0.4 is 5.32 Å². The molecule has 2 rings (SSSR count). The predicted molar refractivity (Wildman–Crippen MR) is 68.6 cm³/mol. The summed E-state index contributed by atoms with van der Waals surface area (Å²) in [5.74, 6) is 0.471. The third-order valence-corrected chi connectivity index (χ3v) is 2.61. The molecule has 0 unspecified atom stereocenters. The summed E-state index contributed by atoms with van der Waals surface area (Å²) in [6.45, 7) is 0.103. The van der Waals surface area contributed by atoms with Gasteiger partial charge in [-0.1, -0.05) is 11.6 Å². The van der Waals surface area contributed by atoms with Gasteiger partial charge in [-0.05, 0) is 36.4 Å². The molecule has 94 valence electrons. The van der Waals surface area contributed by atoms with Gasteiger partial charge in [-0.3, -0.25) is 4.79 Å². The van der Waals surface area contributed by atoms with Crippen LogP contribution in [0.25, 0.3) is 11.3 Å². The Balaban J connectivity index is 2.15. The van der Waals surface area contributed by atoms with Crippen LogP contribution >= 0.6 is 11.6 Å². The van der Waals surface area contributed by atoms with Crippen LogP contribution in [0.4, 0.5) is 0 Å². The van der Waals surface area contributed by atoms with Crippen LogP contribution in [0.1, 0.15) is 10.6 Å². The summed E-state index contributed by atoms with van der Waals surface area (Å²) >= 11 is 5.79. The van der Waals surface area contributed by atoms with Crippen molar-refractivity contribution in [2.24, 2.45) is 0 Å². The van der Waals surface area contributed by atoms with Crippen molar-refractivity contribution in [3.05, 3.63) is 47.2 Å². The molecule has 1 aromatic heterocycles. The van der Waals surface area contributed by atoms with Crippen molar-refractivity contribution in [3.63, 3.8) is 0 Å². The van der Waals surface area contributed by atoms with Crippen molar-refractivity contribution in [1.29, 1.82) is 0 Å². The summed E-state index contributed by atoms with van der Waals surface area (Å²) in [5, 5.41) is 11.8. The molecule has 0 aliphatic rings. The van der Waals surface area contributed by atoms with Crippen molar-refractivity contribution < 1.29 is 14.3 Å². The maximum Gasteiger partial charge on any atom is 0.287 e. The number of furan rings is 1. The topological polar surface area (TPSA) is 62.5 Å². The molecule has 5 heteroatoms. The smallest absolute Gasteiger partial charge is 0.287 e. The van der Waals surface area contributed by atoms with E-state index in [4.69, 9.17) is 21.1 Å². The number of carbonyl (C=O) groups is 1. The van der Waals surface area contributed by atoms with Crippen LogP contribution in [-0.2, 0) is 0 Å². The lowest BCUT2D eigenvalue weighted by Gasteiger charge is -2.00. The zero-order valence-corrected chi connectivity index (χ0v) is 10.3. The van der Waals surface area contributed by atoms with E-state index in [1.165, 1.54) is 0 Å². The first-order chi connectivity index (χ1) is 8.70. The summed E-state index contributed by atoms with van der Waals surface area (Å²) in [5.41, 5.74) is 0.848. The summed E-state index contributed by atoms with van der Waals surface area (Å²) < 4.78 is 5.43. The van der Waals surface area contributed by atoms with E-state index in [2.05, 4.69) is 5.32 Å². The zero-order valence-electron chi connectivity index (χ0n) is 9.52. The normalized spacial score (nSPS) is 10.3. The third-order valence-electron chi connectivity index (χ3n) is 2.36. The highest BCUT2D eigenvalue weighted by atomic mass is 35.5. The Morgan fingerprint density at radius 3 is 2.61 bits per heavy atom. The van der Waals surface area contributed by atoms with E-state index in [1.807, 2.05) is 12.1 Å². The molecule has 18 heavy (non-hydrogen) atoms. The second-order valence-electron chi connectivity index (χ2n) is 3.65. The number of hydrogen-bond acceptors (Lipinski definition) is 3. The highest BCUT2D eigenvalue weighted by molar-refractivity contribution is 6.30. The number of hydrogen-bond donors (Lipinski definition) is 2. The van der Waals surface area contributed by atoms with E-state index in [-0.39, 0.29) is 24.8 Å². The molecule has 4 nitrogen and oxygen atoms in total. The summed E-state index contributed by atoms with van der Waals surface area (Å²) in [6, 6.07) is 10.5. The van der Waals surface area contributed by atoms with Gasteiger partial charge in [0, 0.05) is 17.1 Å². The molecule has 0 aliphatic heterocycles. The highest BCUT2D eigenvalue weighted by Crippen LogP contribution is 2.23. The number of benzene rings is 1. The molecule has 1 amide bonds. The van der Waals surface area contributed by atoms with Crippen LogP contribution in [0.5, 0.6) is 0 Å². The molecule has 0 radical (unpaired) electrons. The Labute approximate surface area is 109 Å². The molecule has 0 spiro atoms. The van der Waals surface area contributed by atoms with Crippen molar-refractivity contribution in [1.82, 2.24) is 5.32 Å². The maximum absolute atomic E-state index is 11.6. The van der Waals surface area contributed by atoms with E-state index in [9.17, 15) is 4.79 Å². The predicted octanol–water partition coefficient (Wildman–Crippen LogP) is 2.32. The molecule has 0 fully saturated rings. The monoisotopic (exact) mass is 265 g/mol. The first-order valence-electron chi connectivity index (χ1n) is 5.45. The quantitative estimate of drug-likeness (QED) is 0.892. The van der Waals surface area contributed by atoms with Gasteiger partial charge in [-0.15, -0.1) is 0 Å². The first-order valence-corrected chi connectivity index (χ1v) is 5.83. The molecular weight excluding hydrogens is 254 g/mol. The Morgan fingerprint density at radius 1 is 1.22 bits per heavy atom. The van der Waals surface area contributed by atoms with E-state index in [1.54, 1.807) is 24.3 Å². The largest absolute Gasteiger partial charge is 0.451 e. The third kappa shape index (κ3) is 2.91. The minimum absolute atomic E-state index is 0.101. The van der Waals surface area contributed by atoms with Crippen molar-refractivity contribution in [3.8, 4) is 11.3 Å². The molecule has 1 heterocycles. The van der Waals surface area contributed by atoms with Gasteiger partial charge in [0.05, 0.1) is 6.61 Å². The molecule has 2 N–H and O–H groups in total. The van der Waals surface area contributed by atoms with Crippen LogP contribution in [0.15, 0.2) is 40.8 Å². The molecular formula is C13H12ClNO3. The van der Waals surface area contributed by atoms with Gasteiger partial charge in [0.1, 0.15) is 5.76 Å². The second-order valence-corrected chi connectivity index (χ2v) is 4.09. The number of amides is 1. The van der Waals surface area contributed by atoms with Crippen LogP contribution in [0.2, 0.25) is 5.02 Å². The fourth-order valence-corrected chi connectivity index (χ4v) is 1.61. The SMILES string of the molecule is O=C(NCCO)c1ccc(-c2ccc(Cl)cc2)o1. The summed E-state index contributed by atoms with van der Waals surface area (Å²) in [7, 11) is 0. The number of aliphatic hydroxyl groups excluding tert-OH is 1. The fourth-order valence-electron chi connectivity index (χ4n) is 1.49. The fraction of sp³-hybridized carbons (Fsp3) is 0.154. The molecule has 0 bridgehead atoms. The van der Waals surface area contributed by atoms with Gasteiger partial charge in [-0.25, -0.2) is 0 Å². The number of carbonyl (C=O) groups excluding carboxylic acids is 1. The van der Waals surface area contributed by atoms with Crippen LogP contribution in [0.3, 0.4) is 0 Å². The zero-order chi connectivity index (χ0) is 13.0. The molecule has 0 aliphatic carbocycles. The van der Waals surface area contributed by atoms with Gasteiger partial charge in [-0.2, -0.15) is 0 Å². The second kappa shape index (κ2) is 5.71. The number of halogens is 1. The lowest BCUT2D eigenvalue weighted by Crippen LogP contribution is -2.25. The molecule has 1 aromatic carbocycles. The van der Waals surface area contributed by atoms with E-state index < -0.39 is 0 Å². The Kier molecular flexibility index (Phi) is 4.02. The standard InChI is InChI=1S/C13H12ClNO3/c14-10-3-1-9(2-4-10)11-5-6-12(18-11)13(17)15-7-8-16/h1-6,16H,7-8H2,(H,15,17). The first kappa shape index (κ1) is 12.7. The summed E-state index contributed by atoms with van der Waals surface area (Å²) in [4.78, 5) is 11.6. The van der Waals surface area contributed by atoms with Gasteiger partial charge in [0.15, 0.2) is 5.76 Å². The van der Waals surface area contributed by atoms with Gasteiger partial charge in [0.25, 0.3) is 5.91 Å². The number of aliphatic hydroxyl groups is 1. The van der Waals surface area contributed by atoms with E-state index in [0.717, 1.165) is 5.56 Å². The van der Waals surface area contributed by atoms with Gasteiger partial charge in [0.2, 0.25) is 0 Å². The molecule has 2 aromatic rings. The average Bonchev–Trinajstić information content (AvgIpc) is 2.86. The van der Waals surface area contributed by atoms with E-state index >= 15 is 0 Å². The average molecular weight is 266 g/mol. The van der Waals surface area contributed by atoms with Crippen LogP contribution in [0, 0.1) is 0 Å². The molecule has 0 atom stereocenters. The Morgan fingerprint density at radius 2 is 1.94 bits per heavy atom. The Hall–Kier alpha value is -1.78. The number of rotatable bonds is 4. The van der Waals surface area contributed by atoms with Gasteiger partial charge < -0.3 is 14.8 Å². The minimum Gasteiger partial charge on any atom is -0.451 e. The van der Waals surface area contributed by atoms with Crippen molar-refractivity contribution >= 4 is 17.5 Å². The van der Waals surface area contributed by atoms with Crippen molar-refractivity contribution in [2.75, 3.05) is 13.2 Å². The lowest BCUT2D eigenvalue weighted by molar-refractivity contribution is 0.0918. The Bertz CT molecular complexity index is 533. The molecule has 0 saturated heterocycles. The summed E-state index contributed by atoms with van der Waals surface area (Å²) in [6.07, 6.45) is 0. The highest BCUT2D eigenvalue weighted by Gasteiger charge is 2.11. The number of nitrogens with one attached hydrogen (secondary N) is 1. The lowest BCUT2D eigenvalue weighted by atomic mass is 10.2. The van der Waals surface area contributed by atoms with Gasteiger partial charge >= 0.3 is 0 Å². The maximum atomic E-state index is 11.6.